The van der Waals surface area contributed by atoms with Crippen molar-refractivity contribution in [3.8, 4) is 11.5 Å². The fourth-order valence-corrected chi connectivity index (χ4v) is 2.25. The number of nitrogens with zero attached hydrogens (tertiary/aromatic N) is 1. The number of phenols is 1. The average molecular weight is 253 g/mol. The Morgan fingerprint density at radius 1 is 1.11 bits per heavy atom. The first-order valence-corrected chi connectivity index (χ1v) is 6.37. The lowest BCUT2D eigenvalue weighted by Gasteiger charge is -2.22. The second kappa shape index (κ2) is 5.14. The van der Waals surface area contributed by atoms with Gasteiger partial charge in [-0.15, -0.1) is 0 Å². The number of hydrogen-bond donors (Lipinski definition) is 1. The highest BCUT2D eigenvalue weighted by Crippen LogP contribution is 2.34. The van der Waals surface area contributed by atoms with Crippen molar-refractivity contribution in [2.24, 2.45) is 4.99 Å². The molecule has 0 radical (unpaired) electrons. The van der Waals surface area contributed by atoms with Gasteiger partial charge in [-0.05, 0) is 18.2 Å². The Balaban J connectivity index is 1.87. The summed E-state index contributed by atoms with van der Waals surface area (Å²) in [7, 11) is 0. The number of aromatic hydroxyl groups is 1. The quantitative estimate of drug-likeness (QED) is 0.834. The summed E-state index contributed by atoms with van der Waals surface area (Å²) in [4.78, 5) is 4.59. The van der Waals surface area contributed by atoms with E-state index in [1.165, 1.54) is 0 Å². The molecule has 0 fully saturated rings. The van der Waals surface area contributed by atoms with Gasteiger partial charge in [-0.3, -0.25) is 4.99 Å². The van der Waals surface area contributed by atoms with Crippen molar-refractivity contribution in [3.63, 3.8) is 0 Å². The molecule has 0 saturated carbocycles. The Labute approximate surface area is 112 Å². The van der Waals surface area contributed by atoms with E-state index < -0.39 is 0 Å². The maximum Gasteiger partial charge on any atom is 0.124 e. The van der Waals surface area contributed by atoms with Gasteiger partial charge >= 0.3 is 0 Å². The third-order valence-corrected chi connectivity index (χ3v) is 3.26. The Kier molecular flexibility index (Phi) is 3.19. The Bertz CT molecular complexity index is 607. The van der Waals surface area contributed by atoms with Crippen molar-refractivity contribution in [3.05, 3.63) is 59.7 Å². The van der Waals surface area contributed by atoms with Crippen molar-refractivity contribution in [1.82, 2.24) is 0 Å². The van der Waals surface area contributed by atoms with E-state index in [0.717, 1.165) is 23.3 Å². The maximum absolute atomic E-state index is 9.72. The molecule has 1 unspecified atom stereocenters. The summed E-state index contributed by atoms with van der Waals surface area (Å²) in [5, 5.41) is 9.72. The normalized spacial score (nSPS) is 18.0. The molecule has 96 valence electrons. The molecule has 1 N–H and O–H groups in total. The number of phenolic OH excluding ortho intramolecular Hbond substituents is 1. The topological polar surface area (TPSA) is 41.8 Å². The number of rotatable bonds is 2. The summed E-state index contributed by atoms with van der Waals surface area (Å²) in [6.45, 7) is 0.680. The van der Waals surface area contributed by atoms with Crippen LogP contribution in [0.25, 0.3) is 0 Å². The standard InChI is InChI=1S/C16H15NO2/c18-15-7-3-1-5-12(15)11-17-14-9-10-19-16-8-4-2-6-13(14)16/h1-8,11,14,18H,9-10H2/b17-11-. The molecule has 1 heterocycles. The molecule has 0 saturated heterocycles. The summed E-state index contributed by atoms with van der Waals surface area (Å²) < 4.78 is 5.61. The summed E-state index contributed by atoms with van der Waals surface area (Å²) >= 11 is 0. The smallest absolute Gasteiger partial charge is 0.124 e. The van der Waals surface area contributed by atoms with Crippen LogP contribution in [-0.4, -0.2) is 17.9 Å². The molecule has 1 aliphatic rings. The van der Waals surface area contributed by atoms with Crippen LogP contribution in [0.1, 0.15) is 23.6 Å². The van der Waals surface area contributed by atoms with Crippen LogP contribution >= 0.6 is 0 Å². The lowest BCUT2D eigenvalue weighted by atomic mass is 10.0. The molecule has 0 aliphatic carbocycles. The van der Waals surface area contributed by atoms with Crippen molar-refractivity contribution < 1.29 is 9.84 Å². The van der Waals surface area contributed by atoms with Gasteiger partial charge in [0, 0.05) is 23.8 Å². The van der Waals surface area contributed by atoms with E-state index in [4.69, 9.17) is 4.74 Å². The number of benzene rings is 2. The number of aliphatic imine (C=N–C) groups is 1. The van der Waals surface area contributed by atoms with E-state index in [1.807, 2.05) is 36.4 Å². The molecule has 2 aromatic rings. The van der Waals surface area contributed by atoms with Crippen LogP contribution < -0.4 is 4.74 Å². The molecule has 1 atom stereocenters. The zero-order valence-corrected chi connectivity index (χ0v) is 10.5. The van der Waals surface area contributed by atoms with E-state index in [9.17, 15) is 5.11 Å². The third kappa shape index (κ3) is 2.45. The predicted octanol–water partition coefficient (Wildman–Crippen LogP) is 3.33. The molecule has 3 heteroatoms. The first-order valence-electron chi connectivity index (χ1n) is 6.37. The molecule has 0 amide bonds. The van der Waals surface area contributed by atoms with Gasteiger partial charge in [0.05, 0.1) is 12.6 Å². The third-order valence-electron chi connectivity index (χ3n) is 3.26. The molecule has 0 spiro atoms. The van der Waals surface area contributed by atoms with Gasteiger partial charge in [0.15, 0.2) is 0 Å². The monoisotopic (exact) mass is 253 g/mol. The van der Waals surface area contributed by atoms with Crippen molar-refractivity contribution in [1.29, 1.82) is 0 Å². The van der Waals surface area contributed by atoms with Crippen LogP contribution in [-0.2, 0) is 0 Å². The van der Waals surface area contributed by atoms with E-state index >= 15 is 0 Å². The SMILES string of the molecule is Oc1ccccc1/C=N\C1CCOc2ccccc21. The van der Waals surface area contributed by atoms with Crippen molar-refractivity contribution in [2.45, 2.75) is 12.5 Å². The highest BCUT2D eigenvalue weighted by molar-refractivity contribution is 5.83. The molecule has 1 aliphatic heterocycles. The molecule has 19 heavy (non-hydrogen) atoms. The minimum atomic E-state index is 0.101. The number of hydrogen-bond acceptors (Lipinski definition) is 3. The van der Waals surface area contributed by atoms with Gasteiger partial charge in [0.25, 0.3) is 0 Å². The van der Waals surface area contributed by atoms with Crippen molar-refractivity contribution >= 4 is 6.21 Å². The minimum Gasteiger partial charge on any atom is -0.507 e. The second-order valence-corrected chi connectivity index (χ2v) is 4.53. The van der Waals surface area contributed by atoms with E-state index in [0.29, 0.717) is 6.61 Å². The summed E-state index contributed by atoms with van der Waals surface area (Å²) in [5.41, 5.74) is 1.85. The van der Waals surface area contributed by atoms with Gasteiger partial charge in [-0.25, -0.2) is 0 Å². The van der Waals surface area contributed by atoms with Gasteiger partial charge < -0.3 is 9.84 Å². The molecule has 3 nitrogen and oxygen atoms in total. The minimum absolute atomic E-state index is 0.101. The first-order chi connectivity index (χ1) is 9.34. The van der Waals surface area contributed by atoms with Crippen LogP contribution in [0.2, 0.25) is 0 Å². The lowest BCUT2D eigenvalue weighted by molar-refractivity contribution is 0.270. The Morgan fingerprint density at radius 2 is 1.89 bits per heavy atom. The fraction of sp³-hybridized carbons (Fsp3) is 0.188. The number of fused-ring (bicyclic) bond motifs is 1. The molecule has 3 rings (SSSR count). The molecule has 0 aromatic heterocycles. The number of ether oxygens (including phenoxy) is 1. The molecular weight excluding hydrogens is 238 g/mol. The zero-order chi connectivity index (χ0) is 13.1. The molecular formula is C16H15NO2. The second-order valence-electron chi connectivity index (χ2n) is 4.53. The highest BCUT2D eigenvalue weighted by Gasteiger charge is 2.19. The predicted molar refractivity (Wildman–Crippen MR) is 75.0 cm³/mol. The van der Waals surface area contributed by atoms with Crippen LogP contribution in [0.5, 0.6) is 11.5 Å². The zero-order valence-electron chi connectivity index (χ0n) is 10.5. The van der Waals surface area contributed by atoms with Crippen LogP contribution in [0.4, 0.5) is 0 Å². The van der Waals surface area contributed by atoms with E-state index in [2.05, 4.69) is 4.99 Å². The largest absolute Gasteiger partial charge is 0.507 e. The van der Waals surface area contributed by atoms with Crippen LogP contribution in [0.15, 0.2) is 53.5 Å². The summed E-state index contributed by atoms with van der Waals surface area (Å²) in [6.07, 6.45) is 2.60. The van der Waals surface area contributed by atoms with E-state index in [1.54, 1.807) is 18.3 Å². The highest BCUT2D eigenvalue weighted by atomic mass is 16.5. The molecule has 0 bridgehead atoms. The summed E-state index contributed by atoms with van der Waals surface area (Å²) in [5.74, 6) is 1.17. The maximum atomic E-state index is 9.72. The first kappa shape index (κ1) is 11.8. The van der Waals surface area contributed by atoms with E-state index in [-0.39, 0.29) is 11.8 Å². The molecule has 2 aromatic carbocycles. The Morgan fingerprint density at radius 3 is 2.79 bits per heavy atom. The van der Waals surface area contributed by atoms with Gasteiger partial charge in [-0.2, -0.15) is 0 Å². The van der Waals surface area contributed by atoms with Gasteiger partial charge in [0.1, 0.15) is 11.5 Å². The van der Waals surface area contributed by atoms with Crippen molar-refractivity contribution in [2.75, 3.05) is 6.61 Å². The summed E-state index contributed by atoms with van der Waals surface area (Å²) in [6, 6.07) is 15.3. The van der Waals surface area contributed by atoms with Gasteiger partial charge in [-0.1, -0.05) is 30.3 Å². The number of para-hydroxylation sites is 2. The Hall–Kier alpha value is -2.29. The van der Waals surface area contributed by atoms with Crippen LogP contribution in [0.3, 0.4) is 0 Å². The van der Waals surface area contributed by atoms with Gasteiger partial charge in [0.2, 0.25) is 0 Å². The fourth-order valence-electron chi connectivity index (χ4n) is 2.25. The average Bonchev–Trinajstić information content (AvgIpc) is 2.46. The lowest BCUT2D eigenvalue weighted by Crippen LogP contribution is -2.12. The van der Waals surface area contributed by atoms with Crippen LogP contribution in [0, 0.1) is 0 Å².